The third-order valence-electron chi connectivity index (χ3n) is 2.87. The maximum absolute atomic E-state index is 11.6. The van der Waals surface area contributed by atoms with Gasteiger partial charge in [0.2, 0.25) is 0 Å². The predicted octanol–water partition coefficient (Wildman–Crippen LogP) is 1.46. The predicted molar refractivity (Wildman–Crippen MR) is 67.3 cm³/mol. The molecule has 1 aliphatic heterocycles. The summed E-state index contributed by atoms with van der Waals surface area (Å²) in [5.41, 5.74) is 0.886. The molecule has 1 aromatic carbocycles. The Hall–Kier alpha value is -1.91. The highest BCUT2D eigenvalue weighted by Crippen LogP contribution is 2.38. The Kier molecular flexibility index (Phi) is 3.60. The minimum absolute atomic E-state index is 0.185. The van der Waals surface area contributed by atoms with Crippen molar-refractivity contribution < 1.29 is 19.0 Å². The van der Waals surface area contributed by atoms with Gasteiger partial charge in [0.1, 0.15) is 17.5 Å². The molecule has 0 bridgehead atoms. The first-order valence-corrected chi connectivity index (χ1v) is 5.86. The molecule has 1 unspecified atom stereocenters. The van der Waals surface area contributed by atoms with Crippen LogP contribution in [0.15, 0.2) is 18.2 Å². The van der Waals surface area contributed by atoms with Crippen molar-refractivity contribution >= 4 is 11.7 Å². The fourth-order valence-corrected chi connectivity index (χ4v) is 1.87. The van der Waals surface area contributed by atoms with Gasteiger partial charge in [0.25, 0.3) is 0 Å². The molecule has 1 aliphatic rings. The number of rotatable bonds is 5. The van der Waals surface area contributed by atoms with E-state index in [0.717, 1.165) is 11.4 Å². The summed E-state index contributed by atoms with van der Waals surface area (Å²) >= 11 is 0. The number of benzene rings is 1. The van der Waals surface area contributed by atoms with E-state index in [4.69, 9.17) is 14.2 Å². The van der Waals surface area contributed by atoms with Crippen molar-refractivity contribution in [2.24, 2.45) is 0 Å². The zero-order valence-corrected chi connectivity index (χ0v) is 10.8. The van der Waals surface area contributed by atoms with Crippen LogP contribution in [0.4, 0.5) is 5.69 Å². The summed E-state index contributed by atoms with van der Waals surface area (Å²) in [5, 5.41) is 0. The molecule has 98 valence electrons. The van der Waals surface area contributed by atoms with Gasteiger partial charge in [0.05, 0.1) is 33.1 Å². The van der Waals surface area contributed by atoms with Gasteiger partial charge < -0.3 is 19.1 Å². The number of hydrogen-bond donors (Lipinski definition) is 0. The Balaban J connectivity index is 2.13. The van der Waals surface area contributed by atoms with Gasteiger partial charge in [-0.3, -0.25) is 0 Å². The highest BCUT2D eigenvalue weighted by molar-refractivity contribution is 5.87. The quantitative estimate of drug-likeness (QED) is 0.585. The number of carbonyl (C=O) groups is 1. The van der Waals surface area contributed by atoms with Gasteiger partial charge in [-0.25, -0.2) is 4.79 Å². The fraction of sp³-hybridized carbons (Fsp3) is 0.462. The molecule has 0 aliphatic carbocycles. The average Bonchev–Trinajstić information content (AvgIpc) is 3.18. The molecule has 0 N–H and O–H groups in total. The minimum atomic E-state index is -0.188. The monoisotopic (exact) mass is 251 g/mol. The van der Waals surface area contributed by atoms with E-state index < -0.39 is 0 Å². The van der Waals surface area contributed by atoms with Crippen molar-refractivity contribution in [1.29, 1.82) is 0 Å². The van der Waals surface area contributed by atoms with Crippen LogP contribution in [0.2, 0.25) is 0 Å². The van der Waals surface area contributed by atoms with Gasteiger partial charge in [-0.05, 0) is 19.1 Å². The molecule has 2 rings (SSSR count). The molecule has 1 atom stereocenters. The number of methoxy groups -OCH3 is 2. The third kappa shape index (κ3) is 2.34. The van der Waals surface area contributed by atoms with Crippen LogP contribution in [0.5, 0.6) is 11.5 Å². The van der Waals surface area contributed by atoms with Gasteiger partial charge in [-0.15, -0.1) is 0 Å². The molecule has 0 saturated carbocycles. The molecule has 1 fully saturated rings. The second-order valence-electron chi connectivity index (χ2n) is 3.96. The SMILES string of the molecule is CCOC(=O)C1CN1c1ccc(OC)cc1OC. The number of hydrogen-bond acceptors (Lipinski definition) is 5. The molecule has 1 aromatic rings. The van der Waals surface area contributed by atoms with Crippen molar-refractivity contribution in [2.75, 3.05) is 32.3 Å². The van der Waals surface area contributed by atoms with E-state index in [-0.39, 0.29) is 12.0 Å². The van der Waals surface area contributed by atoms with Gasteiger partial charge in [-0.1, -0.05) is 0 Å². The Morgan fingerprint density at radius 3 is 2.78 bits per heavy atom. The molecule has 1 heterocycles. The maximum atomic E-state index is 11.6. The van der Waals surface area contributed by atoms with Crippen molar-refractivity contribution in [3.05, 3.63) is 18.2 Å². The molecule has 0 spiro atoms. The van der Waals surface area contributed by atoms with Crippen molar-refractivity contribution in [2.45, 2.75) is 13.0 Å². The van der Waals surface area contributed by atoms with E-state index in [0.29, 0.717) is 18.9 Å². The lowest BCUT2D eigenvalue weighted by Gasteiger charge is -2.12. The number of carbonyl (C=O) groups excluding carboxylic acids is 1. The van der Waals surface area contributed by atoms with Crippen molar-refractivity contribution in [3.8, 4) is 11.5 Å². The van der Waals surface area contributed by atoms with Gasteiger partial charge in [0.15, 0.2) is 0 Å². The smallest absolute Gasteiger partial charge is 0.330 e. The molecule has 0 amide bonds. The Morgan fingerprint density at radius 2 is 2.17 bits per heavy atom. The number of ether oxygens (including phenoxy) is 3. The topological polar surface area (TPSA) is 47.8 Å². The van der Waals surface area contributed by atoms with Crippen LogP contribution in [0.25, 0.3) is 0 Å². The van der Waals surface area contributed by atoms with Gasteiger partial charge in [-0.2, -0.15) is 0 Å². The number of nitrogens with zero attached hydrogens (tertiary/aromatic N) is 1. The lowest BCUT2D eigenvalue weighted by Crippen LogP contribution is -2.16. The molecule has 5 nitrogen and oxygen atoms in total. The van der Waals surface area contributed by atoms with Crippen molar-refractivity contribution in [1.82, 2.24) is 0 Å². The van der Waals surface area contributed by atoms with Crippen LogP contribution >= 0.6 is 0 Å². The molecule has 0 aromatic heterocycles. The summed E-state index contributed by atoms with van der Waals surface area (Å²) in [7, 11) is 3.20. The standard InChI is InChI=1S/C13H17NO4/c1-4-18-13(15)11-8-14(11)10-6-5-9(16-2)7-12(10)17-3/h5-7,11H,4,8H2,1-3H3. The summed E-state index contributed by atoms with van der Waals surface area (Å²) in [5.74, 6) is 1.24. The molecular formula is C13H17NO4. The second-order valence-corrected chi connectivity index (χ2v) is 3.96. The Labute approximate surface area is 106 Å². The van der Waals surface area contributed by atoms with E-state index in [2.05, 4.69) is 0 Å². The van der Waals surface area contributed by atoms with Crippen LogP contribution in [-0.2, 0) is 9.53 Å². The zero-order chi connectivity index (χ0) is 13.1. The molecule has 1 saturated heterocycles. The van der Waals surface area contributed by atoms with Crippen LogP contribution in [-0.4, -0.2) is 39.4 Å². The molecule has 5 heteroatoms. The summed E-state index contributed by atoms with van der Waals surface area (Å²) in [4.78, 5) is 13.5. The van der Waals surface area contributed by atoms with Crippen LogP contribution in [0.3, 0.4) is 0 Å². The van der Waals surface area contributed by atoms with Crippen molar-refractivity contribution in [3.63, 3.8) is 0 Å². The number of anilines is 1. The first-order valence-electron chi connectivity index (χ1n) is 5.86. The summed E-state index contributed by atoms with van der Waals surface area (Å²) in [6, 6.07) is 5.35. The highest BCUT2D eigenvalue weighted by atomic mass is 16.5. The van der Waals surface area contributed by atoms with Gasteiger partial charge >= 0.3 is 5.97 Å². The van der Waals surface area contributed by atoms with Crippen LogP contribution in [0, 0.1) is 0 Å². The zero-order valence-electron chi connectivity index (χ0n) is 10.8. The van der Waals surface area contributed by atoms with E-state index in [1.54, 1.807) is 27.2 Å². The first-order chi connectivity index (χ1) is 8.71. The average molecular weight is 251 g/mol. The van der Waals surface area contributed by atoms with E-state index >= 15 is 0 Å². The van der Waals surface area contributed by atoms with E-state index in [9.17, 15) is 4.79 Å². The van der Waals surface area contributed by atoms with E-state index in [1.807, 2.05) is 17.0 Å². The number of esters is 1. The van der Waals surface area contributed by atoms with Crippen LogP contribution < -0.4 is 14.4 Å². The highest BCUT2D eigenvalue weighted by Gasteiger charge is 2.43. The van der Waals surface area contributed by atoms with E-state index in [1.165, 1.54) is 0 Å². The molecular weight excluding hydrogens is 234 g/mol. The maximum Gasteiger partial charge on any atom is 0.330 e. The molecule has 18 heavy (non-hydrogen) atoms. The molecule has 0 radical (unpaired) electrons. The van der Waals surface area contributed by atoms with Gasteiger partial charge in [0, 0.05) is 6.07 Å². The summed E-state index contributed by atoms with van der Waals surface area (Å²) < 4.78 is 15.4. The summed E-state index contributed by atoms with van der Waals surface area (Å²) in [6.45, 7) is 2.88. The first kappa shape index (κ1) is 12.5. The fourth-order valence-electron chi connectivity index (χ4n) is 1.87. The largest absolute Gasteiger partial charge is 0.497 e. The lowest BCUT2D eigenvalue weighted by molar-refractivity contribution is -0.142. The Bertz CT molecular complexity index is 447. The normalized spacial score (nSPS) is 17.3. The lowest BCUT2D eigenvalue weighted by atomic mass is 10.2. The van der Waals surface area contributed by atoms with Crippen LogP contribution in [0.1, 0.15) is 6.92 Å². The minimum Gasteiger partial charge on any atom is -0.497 e. The third-order valence-corrected chi connectivity index (χ3v) is 2.87. The summed E-state index contributed by atoms with van der Waals surface area (Å²) in [6.07, 6.45) is 0. The Morgan fingerprint density at radius 1 is 1.39 bits per heavy atom. The second kappa shape index (κ2) is 5.16.